The van der Waals surface area contributed by atoms with E-state index in [0.29, 0.717) is 12.1 Å². The molecule has 0 aromatic rings. The number of aliphatic imine (C=N–C) groups is 1. The summed E-state index contributed by atoms with van der Waals surface area (Å²) >= 11 is 0. The lowest BCUT2D eigenvalue weighted by Crippen LogP contribution is -2.40. The van der Waals surface area contributed by atoms with E-state index < -0.39 is 0 Å². The Hall–Kier alpha value is -0.770. The topological polar surface area (TPSA) is 28.1 Å². The second-order valence-electron chi connectivity index (χ2n) is 4.42. The van der Waals surface area contributed by atoms with E-state index in [4.69, 9.17) is 9.73 Å². The largest absolute Gasteiger partial charge is 0.378 e. The standard InChI is InChI=1S/C11H23N3O/c1-6-15-10-7-9(8-10)12-11(13(2)3)14(4)5/h9-10H,6-8H2,1-5H3. The minimum Gasteiger partial charge on any atom is -0.378 e. The molecular weight excluding hydrogens is 190 g/mol. The zero-order chi connectivity index (χ0) is 11.4. The highest BCUT2D eigenvalue weighted by Gasteiger charge is 2.29. The third kappa shape index (κ3) is 3.38. The minimum atomic E-state index is 0.439. The lowest BCUT2D eigenvalue weighted by molar-refractivity contribution is -0.00111. The second-order valence-corrected chi connectivity index (χ2v) is 4.42. The summed E-state index contributed by atoms with van der Waals surface area (Å²) in [5.74, 6) is 1.04. The molecule has 1 aliphatic rings. The first-order valence-electron chi connectivity index (χ1n) is 5.58. The van der Waals surface area contributed by atoms with Gasteiger partial charge in [0.25, 0.3) is 0 Å². The van der Waals surface area contributed by atoms with Gasteiger partial charge in [-0.3, -0.25) is 0 Å². The highest BCUT2D eigenvalue weighted by atomic mass is 16.5. The maximum absolute atomic E-state index is 5.51. The van der Waals surface area contributed by atoms with Gasteiger partial charge in [0, 0.05) is 34.8 Å². The van der Waals surface area contributed by atoms with Crippen molar-refractivity contribution in [1.82, 2.24) is 9.80 Å². The van der Waals surface area contributed by atoms with Crippen LogP contribution in [0.25, 0.3) is 0 Å². The molecule has 0 atom stereocenters. The van der Waals surface area contributed by atoms with Gasteiger partial charge in [0.2, 0.25) is 0 Å². The molecule has 15 heavy (non-hydrogen) atoms. The maximum Gasteiger partial charge on any atom is 0.195 e. The van der Waals surface area contributed by atoms with Crippen molar-refractivity contribution in [2.75, 3.05) is 34.8 Å². The van der Waals surface area contributed by atoms with Gasteiger partial charge in [0.05, 0.1) is 12.1 Å². The highest BCUT2D eigenvalue weighted by molar-refractivity contribution is 5.79. The zero-order valence-electron chi connectivity index (χ0n) is 10.5. The van der Waals surface area contributed by atoms with Crippen LogP contribution in [0.5, 0.6) is 0 Å². The lowest BCUT2D eigenvalue weighted by atomic mass is 9.90. The smallest absolute Gasteiger partial charge is 0.195 e. The third-order valence-electron chi connectivity index (χ3n) is 2.57. The fraction of sp³-hybridized carbons (Fsp3) is 0.909. The van der Waals surface area contributed by atoms with Crippen LogP contribution in [-0.2, 0) is 4.74 Å². The third-order valence-corrected chi connectivity index (χ3v) is 2.57. The van der Waals surface area contributed by atoms with E-state index in [1.54, 1.807) is 0 Å². The predicted molar refractivity (Wildman–Crippen MR) is 63.2 cm³/mol. The van der Waals surface area contributed by atoms with Crippen LogP contribution in [-0.4, -0.2) is 62.7 Å². The lowest BCUT2D eigenvalue weighted by Gasteiger charge is -2.34. The van der Waals surface area contributed by atoms with Crippen LogP contribution < -0.4 is 0 Å². The molecule has 0 spiro atoms. The van der Waals surface area contributed by atoms with Gasteiger partial charge in [-0.15, -0.1) is 0 Å². The summed E-state index contributed by atoms with van der Waals surface area (Å²) in [4.78, 5) is 8.80. The molecule has 0 heterocycles. The number of ether oxygens (including phenoxy) is 1. The molecule has 1 fully saturated rings. The van der Waals surface area contributed by atoms with E-state index in [-0.39, 0.29) is 0 Å². The molecule has 1 aliphatic carbocycles. The summed E-state index contributed by atoms with van der Waals surface area (Å²) in [5, 5.41) is 0. The van der Waals surface area contributed by atoms with Crippen molar-refractivity contribution in [1.29, 1.82) is 0 Å². The zero-order valence-corrected chi connectivity index (χ0v) is 10.5. The molecule has 0 saturated heterocycles. The summed E-state index contributed by atoms with van der Waals surface area (Å²) in [6.07, 6.45) is 2.58. The van der Waals surface area contributed by atoms with E-state index in [9.17, 15) is 0 Å². The van der Waals surface area contributed by atoms with Gasteiger partial charge in [-0.2, -0.15) is 0 Å². The van der Waals surface area contributed by atoms with Gasteiger partial charge in [0.1, 0.15) is 0 Å². The molecule has 4 heteroatoms. The Kier molecular flexibility index (Phi) is 4.39. The van der Waals surface area contributed by atoms with Crippen molar-refractivity contribution < 1.29 is 4.74 Å². The van der Waals surface area contributed by atoms with Gasteiger partial charge in [-0.05, 0) is 19.8 Å². The Morgan fingerprint density at radius 2 is 1.73 bits per heavy atom. The van der Waals surface area contributed by atoms with Crippen LogP contribution in [0.15, 0.2) is 4.99 Å². The Labute approximate surface area is 92.9 Å². The Morgan fingerprint density at radius 3 is 2.13 bits per heavy atom. The first kappa shape index (κ1) is 12.3. The summed E-state index contributed by atoms with van der Waals surface area (Å²) in [7, 11) is 8.10. The molecule has 0 amide bonds. The number of guanidine groups is 1. The van der Waals surface area contributed by atoms with Crippen molar-refractivity contribution in [3.05, 3.63) is 0 Å². The van der Waals surface area contributed by atoms with Crippen LogP contribution in [0.2, 0.25) is 0 Å². The van der Waals surface area contributed by atoms with E-state index in [1.165, 1.54) is 0 Å². The first-order valence-corrected chi connectivity index (χ1v) is 5.58. The SMILES string of the molecule is CCOC1CC(N=C(N(C)C)N(C)C)C1. The number of rotatable bonds is 3. The fourth-order valence-electron chi connectivity index (χ4n) is 1.81. The monoisotopic (exact) mass is 213 g/mol. The van der Waals surface area contributed by atoms with Crippen molar-refractivity contribution >= 4 is 5.96 Å². The van der Waals surface area contributed by atoms with Crippen LogP contribution in [0.3, 0.4) is 0 Å². The molecule has 1 rings (SSSR count). The highest BCUT2D eigenvalue weighted by Crippen LogP contribution is 2.26. The number of nitrogens with zero attached hydrogens (tertiary/aromatic N) is 3. The molecular formula is C11H23N3O. The molecule has 0 aromatic heterocycles. The van der Waals surface area contributed by atoms with E-state index >= 15 is 0 Å². The molecule has 4 nitrogen and oxygen atoms in total. The molecule has 0 aromatic carbocycles. The molecule has 0 unspecified atom stereocenters. The Balaban J connectivity index is 2.42. The normalized spacial score (nSPS) is 24.3. The minimum absolute atomic E-state index is 0.439. The Bertz CT molecular complexity index is 210. The van der Waals surface area contributed by atoms with Crippen LogP contribution in [0.4, 0.5) is 0 Å². The van der Waals surface area contributed by atoms with E-state index in [2.05, 4.69) is 0 Å². The average molecular weight is 213 g/mol. The molecule has 0 bridgehead atoms. The molecule has 0 radical (unpaired) electrons. The van der Waals surface area contributed by atoms with Crippen molar-refractivity contribution in [2.24, 2.45) is 4.99 Å². The molecule has 0 N–H and O–H groups in total. The second kappa shape index (κ2) is 5.35. The van der Waals surface area contributed by atoms with Crippen LogP contribution in [0.1, 0.15) is 19.8 Å². The fourth-order valence-corrected chi connectivity index (χ4v) is 1.81. The van der Waals surface area contributed by atoms with Crippen LogP contribution >= 0.6 is 0 Å². The summed E-state index contributed by atoms with van der Waals surface area (Å²) in [6, 6.07) is 0.446. The summed E-state index contributed by atoms with van der Waals surface area (Å²) in [6.45, 7) is 2.86. The van der Waals surface area contributed by atoms with Gasteiger partial charge in [-0.1, -0.05) is 0 Å². The van der Waals surface area contributed by atoms with Crippen molar-refractivity contribution in [3.63, 3.8) is 0 Å². The van der Waals surface area contributed by atoms with Gasteiger partial charge < -0.3 is 14.5 Å². The molecule has 88 valence electrons. The molecule has 1 saturated carbocycles. The van der Waals surface area contributed by atoms with Gasteiger partial charge >= 0.3 is 0 Å². The van der Waals surface area contributed by atoms with Crippen LogP contribution in [0, 0.1) is 0 Å². The Morgan fingerprint density at radius 1 is 1.20 bits per heavy atom. The summed E-state index contributed by atoms with van der Waals surface area (Å²) < 4.78 is 5.51. The summed E-state index contributed by atoms with van der Waals surface area (Å²) in [5.41, 5.74) is 0. The van der Waals surface area contributed by atoms with Crippen molar-refractivity contribution in [3.8, 4) is 0 Å². The van der Waals surface area contributed by atoms with Gasteiger partial charge in [0.15, 0.2) is 5.96 Å². The quantitative estimate of drug-likeness (QED) is 0.518. The predicted octanol–water partition coefficient (Wildman–Crippen LogP) is 1.03. The van der Waals surface area contributed by atoms with E-state index in [1.807, 2.05) is 44.9 Å². The van der Waals surface area contributed by atoms with E-state index in [0.717, 1.165) is 25.4 Å². The van der Waals surface area contributed by atoms with Crippen molar-refractivity contribution in [2.45, 2.75) is 31.9 Å². The average Bonchev–Trinajstić information content (AvgIpc) is 2.07. The number of hydrogen-bond donors (Lipinski definition) is 0. The maximum atomic E-state index is 5.51. The first-order chi connectivity index (χ1) is 7.04. The van der Waals surface area contributed by atoms with Gasteiger partial charge in [-0.25, -0.2) is 4.99 Å². The molecule has 0 aliphatic heterocycles. The number of hydrogen-bond acceptors (Lipinski definition) is 2.